The van der Waals surface area contributed by atoms with Gasteiger partial charge in [0, 0.05) is 29.4 Å². The first-order chi connectivity index (χ1) is 17.1. The van der Waals surface area contributed by atoms with Crippen LogP contribution in [0, 0.1) is 5.92 Å². The molecule has 2 fully saturated rings. The third-order valence-corrected chi connectivity index (χ3v) is 6.80. The lowest BCUT2D eigenvalue weighted by Crippen LogP contribution is -2.16. The number of imidazole rings is 1. The van der Waals surface area contributed by atoms with E-state index in [1.54, 1.807) is 6.07 Å². The largest absolute Gasteiger partial charge is 0.467 e. The van der Waals surface area contributed by atoms with E-state index in [1.165, 1.54) is 25.5 Å². The summed E-state index contributed by atoms with van der Waals surface area (Å²) in [7, 11) is 1.50. The second-order valence-electron chi connectivity index (χ2n) is 9.21. The van der Waals surface area contributed by atoms with E-state index in [0.717, 1.165) is 23.3 Å². The van der Waals surface area contributed by atoms with Crippen LogP contribution in [-0.2, 0) is 11.3 Å². The molecule has 9 heteroatoms. The number of aromatic nitrogens is 4. The molecule has 3 heterocycles. The van der Waals surface area contributed by atoms with Crippen molar-refractivity contribution < 1.29 is 9.53 Å². The number of fused-ring (bicyclic) bond motifs is 1. The number of hydrogen-bond acceptors (Lipinski definition) is 6. The SMILES string of the molecule is COc1nc(NCc2cn3cc(C4CC4)ccc3n2)cc(NC(=O)[C@H]2C[C@@H]2c2cccc(Cl)c2)n1. The molecule has 178 valence electrons. The number of pyridine rings is 1. The second-order valence-corrected chi connectivity index (χ2v) is 9.64. The molecule has 0 aliphatic heterocycles. The zero-order valence-corrected chi connectivity index (χ0v) is 20.0. The Balaban J connectivity index is 1.12. The Morgan fingerprint density at radius 3 is 2.74 bits per heavy atom. The van der Waals surface area contributed by atoms with Crippen LogP contribution in [0.1, 0.15) is 47.9 Å². The maximum absolute atomic E-state index is 12.8. The average molecular weight is 489 g/mol. The van der Waals surface area contributed by atoms with Crippen LogP contribution in [0.4, 0.5) is 11.6 Å². The molecule has 2 saturated carbocycles. The lowest BCUT2D eigenvalue weighted by Gasteiger charge is -2.09. The number of anilines is 2. The van der Waals surface area contributed by atoms with E-state index in [9.17, 15) is 4.79 Å². The molecule has 1 aromatic carbocycles. The Kier molecular flexibility index (Phi) is 5.53. The van der Waals surface area contributed by atoms with Gasteiger partial charge in [-0.05, 0) is 60.4 Å². The number of hydrogen-bond donors (Lipinski definition) is 2. The molecule has 0 radical (unpaired) electrons. The standard InChI is InChI=1S/C26H25ClN6O2/c1-35-26-31-22(28-12-19-14-33-13-17(15-5-6-15)7-8-24(33)29-19)11-23(32-26)30-25(34)21-10-20(21)16-3-2-4-18(27)9-16/h2-4,7-9,11,13-15,20-21H,5-6,10,12H2,1H3,(H2,28,30,31,32,34)/t20-,21+/m1/s1. The van der Waals surface area contributed by atoms with Gasteiger partial charge in [0.1, 0.15) is 17.3 Å². The zero-order valence-electron chi connectivity index (χ0n) is 19.2. The molecule has 3 aromatic heterocycles. The van der Waals surface area contributed by atoms with Crippen LogP contribution in [-0.4, -0.2) is 32.4 Å². The van der Waals surface area contributed by atoms with Crippen molar-refractivity contribution in [3.8, 4) is 6.01 Å². The summed E-state index contributed by atoms with van der Waals surface area (Å²) in [6.45, 7) is 0.480. The monoisotopic (exact) mass is 488 g/mol. The molecule has 6 rings (SSSR count). The predicted molar refractivity (Wildman–Crippen MR) is 134 cm³/mol. The number of carbonyl (C=O) groups excluding carboxylic acids is 1. The van der Waals surface area contributed by atoms with Gasteiger partial charge in [-0.1, -0.05) is 29.8 Å². The van der Waals surface area contributed by atoms with Crippen LogP contribution in [0.15, 0.2) is 54.9 Å². The number of nitrogens with zero attached hydrogens (tertiary/aromatic N) is 4. The number of benzene rings is 1. The molecule has 2 aliphatic carbocycles. The number of ether oxygens (including phenoxy) is 1. The average Bonchev–Trinajstić information content (AvgIpc) is 3.78. The van der Waals surface area contributed by atoms with E-state index in [1.807, 2.05) is 30.5 Å². The predicted octanol–water partition coefficient (Wildman–Crippen LogP) is 5.02. The van der Waals surface area contributed by atoms with Crippen molar-refractivity contribution in [1.82, 2.24) is 19.4 Å². The van der Waals surface area contributed by atoms with Crippen molar-refractivity contribution in [3.05, 3.63) is 76.7 Å². The zero-order chi connectivity index (χ0) is 23.9. The van der Waals surface area contributed by atoms with Gasteiger partial charge in [-0.3, -0.25) is 4.79 Å². The van der Waals surface area contributed by atoms with E-state index in [4.69, 9.17) is 16.3 Å². The highest BCUT2D eigenvalue weighted by molar-refractivity contribution is 6.30. The molecule has 35 heavy (non-hydrogen) atoms. The van der Waals surface area contributed by atoms with E-state index in [0.29, 0.717) is 29.1 Å². The molecule has 0 unspecified atom stereocenters. The van der Waals surface area contributed by atoms with Gasteiger partial charge in [-0.2, -0.15) is 9.97 Å². The van der Waals surface area contributed by atoms with Gasteiger partial charge in [0.25, 0.3) is 0 Å². The summed E-state index contributed by atoms with van der Waals surface area (Å²) in [5, 5.41) is 6.87. The Hall–Kier alpha value is -3.65. The minimum atomic E-state index is -0.107. The van der Waals surface area contributed by atoms with Gasteiger partial charge in [-0.15, -0.1) is 0 Å². The number of methoxy groups -OCH3 is 1. The molecule has 2 aliphatic rings. The van der Waals surface area contributed by atoms with Gasteiger partial charge in [0.15, 0.2) is 0 Å². The minimum absolute atomic E-state index is 0.0755. The maximum atomic E-state index is 12.8. The molecule has 0 bridgehead atoms. The first-order valence-electron chi connectivity index (χ1n) is 11.8. The summed E-state index contributed by atoms with van der Waals surface area (Å²) in [5.41, 5.74) is 4.25. The van der Waals surface area contributed by atoms with Gasteiger partial charge in [-0.25, -0.2) is 4.98 Å². The smallest absolute Gasteiger partial charge is 0.320 e. The first kappa shape index (κ1) is 21.9. The molecular formula is C26H25ClN6O2. The second kappa shape index (κ2) is 8.85. The summed E-state index contributed by atoms with van der Waals surface area (Å²) >= 11 is 6.10. The molecule has 0 spiro atoms. The van der Waals surface area contributed by atoms with Crippen molar-refractivity contribution in [2.45, 2.75) is 37.6 Å². The summed E-state index contributed by atoms with van der Waals surface area (Å²) in [6.07, 6.45) is 7.52. The van der Waals surface area contributed by atoms with Crippen LogP contribution in [0.2, 0.25) is 5.02 Å². The Morgan fingerprint density at radius 1 is 1.09 bits per heavy atom. The van der Waals surface area contributed by atoms with Gasteiger partial charge < -0.3 is 19.8 Å². The van der Waals surface area contributed by atoms with Gasteiger partial charge >= 0.3 is 6.01 Å². The Bertz CT molecular complexity index is 1420. The molecule has 4 aromatic rings. The highest BCUT2D eigenvalue weighted by atomic mass is 35.5. The molecule has 2 N–H and O–H groups in total. The van der Waals surface area contributed by atoms with E-state index in [2.05, 4.69) is 48.3 Å². The number of amides is 1. The fourth-order valence-electron chi connectivity index (χ4n) is 4.47. The number of carbonyl (C=O) groups is 1. The Morgan fingerprint density at radius 2 is 1.94 bits per heavy atom. The molecule has 8 nitrogen and oxygen atoms in total. The highest BCUT2D eigenvalue weighted by Gasteiger charge is 2.44. The van der Waals surface area contributed by atoms with Crippen LogP contribution in [0.5, 0.6) is 6.01 Å². The molecular weight excluding hydrogens is 464 g/mol. The first-order valence-corrected chi connectivity index (χ1v) is 12.1. The number of nitrogens with one attached hydrogen (secondary N) is 2. The Labute approximate surface area is 207 Å². The van der Waals surface area contributed by atoms with Crippen LogP contribution in [0.3, 0.4) is 0 Å². The minimum Gasteiger partial charge on any atom is -0.467 e. The van der Waals surface area contributed by atoms with Crippen LogP contribution >= 0.6 is 11.6 Å². The summed E-state index contributed by atoms with van der Waals surface area (Å²) < 4.78 is 7.32. The van der Waals surface area contributed by atoms with Crippen molar-refractivity contribution >= 4 is 34.8 Å². The normalized spacial score (nSPS) is 18.9. The maximum Gasteiger partial charge on any atom is 0.320 e. The third kappa shape index (κ3) is 4.79. The van der Waals surface area contributed by atoms with Crippen LogP contribution < -0.4 is 15.4 Å². The summed E-state index contributed by atoms with van der Waals surface area (Å²) in [6, 6.07) is 13.8. The summed E-state index contributed by atoms with van der Waals surface area (Å²) in [5.74, 6) is 1.63. The fraction of sp³-hybridized carbons (Fsp3) is 0.308. The number of halogens is 1. The van der Waals surface area contributed by atoms with Gasteiger partial charge in [0.2, 0.25) is 5.91 Å². The quantitative estimate of drug-likeness (QED) is 0.362. The number of rotatable bonds is 8. The van der Waals surface area contributed by atoms with Crippen molar-refractivity contribution in [2.75, 3.05) is 17.7 Å². The summed E-state index contributed by atoms with van der Waals surface area (Å²) in [4.78, 5) is 26.2. The highest BCUT2D eigenvalue weighted by Crippen LogP contribution is 2.48. The fourth-order valence-corrected chi connectivity index (χ4v) is 4.67. The lowest BCUT2D eigenvalue weighted by molar-refractivity contribution is -0.117. The third-order valence-electron chi connectivity index (χ3n) is 6.57. The van der Waals surface area contributed by atoms with E-state index < -0.39 is 0 Å². The van der Waals surface area contributed by atoms with Crippen molar-refractivity contribution in [1.29, 1.82) is 0 Å². The van der Waals surface area contributed by atoms with Crippen LogP contribution in [0.25, 0.3) is 5.65 Å². The molecule has 1 amide bonds. The molecule has 2 atom stereocenters. The lowest BCUT2D eigenvalue weighted by atomic mass is 10.1. The van der Waals surface area contributed by atoms with Crippen molar-refractivity contribution in [3.63, 3.8) is 0 Å². The topological polar surface area (TPSA) is 93.4 Å². The van der Waals surface area contributed by atoms with Crippen molar-refractivity contribution in [2.24, 2.45) is 5.92 Å². The van der Waals surface area contributed by atoms with Gasteiger partial charge in [0.05, 0.1) is 19.3 Å². The van der Waals surface area contributed by atoms with E-state index >= 15 is 0 Å². The molecule has 0 saturated heterocycles. The van der Waals surface area contributed by atoms with E-state index in [-0.39, 0.29) is 23.8 Å².